The van der Waals surface area contributed by atoms with Crippen molar-refractivity contribution in [2.24, 2.45) is 0 Å². The average molecular weight is 256 g/mol. The van der Waals surface area contributed by atoms with Crippen molar-refractivity contribution in [1.82, 2.24) is 4.90 Å². The number of benzene rings is 1. The molecule has 0 aromatic heterocycles. The molecule has 7 heteroatoms. The fourth-order valence-corrected chi connectivity index (χ4v) is 1.61. The first-order valence-electron chi connectivity index (χ1n) is 5.49. The number of phenols is 1. The smallest absolute Gasteiger partial charge is 0.270 e. The summed E-state index contributed by atoms with van der Waals surface area (Å²) in [5, 5.41) is 38.0. The summed E-state index contributed by atoms with van der Waals surface area (Å²) in [7, 11) is 0. The number of rotatable bonds is 7. The second kappa shape index (κ2) is 6.90. The zero-order valence-corrected chi connectivity index (χ0v) is 9.82. The zero-order valence-electron chi connectivity index (χ0n) is 9.82. The van der Waals surface area contributed by atoms with E-state index in [4.69, 9.17) is 10.2 Å². The van der Waals surface area contributed by atoms with Crippen LogP contribution in [-0.2, 0) is 6.54 Å². The van der Waals surface area contributed by atoms with Crippen LogP contribution in [0.1, 0.15) is 5.56 Å². The summed E-state index contributed by atoms with van der Waals surface area (Å²) in [6.45, 7) is 0.700. The van der Waals surface area contributed by atoms with Crippen LogP contribution in [-0.4, -0.2) is 51.4 Å². The summed E-state index contributed by atoms with van der Waals surface area (Å²) >= 11 is 0. The minimum atomic E-state index is -0.536. The molecule has 0 amide bonds. The van der Waals surface area contributed by atoms with Crippen LogP contribution in [0.3, 0.4) is 0 Å². The minimum absolute atomic E-state index is 0.0403. The first kappa shape index (κ1) is 14.4. The van der Waals surface area contributed by atoms with Gasteiger partial charge in [-0.2, -0.15) is 0 Å². The van der Waals surface area contributed by atoms with Crippen LogP contribution in [0.25, 0.3) is 0 Å². The van der Waals surface area contributed by atoms with Gasteiger partial charge >= 0.3 is 0 Å². The van der Waals surface area contributed by atoms with Crippen LogP contribution in [0, 0.1) is 10.1 Å². The molecule has 1 aromatic rings. The predicted octanol–water partition coefficient (Wildman–Crippen LogP) is 0.0870. The van der Waals surface area contributed by atoms with E-state index in [0.717, 1.165) is 0 Å². The molecule has 0 fully saturated rings. The van der Waals surface area contributed by atoms with Crippen molar-refractivity contribution in [2.75, 3.05) is 26.3 Å². The number of aliphatic hydroxyl groups is 2. The van der Waals surface area contributed by atoms with Crippen molar-refractivity contribution < 1.29 is 20.2 Å². The van der Waals surface area contributed by atoms with Gasteiger partial charge in [-0.25, -0.2) is 0 Å². The molecule has 18 heavy (non-hydrogen) atoms. The molecular weight excluding hydrogens is 240 g/mol. The molecular formula is C11H16N2O5. The highest BCUT2D eigenvalue weighted by Gasteiger charge is 2.13. The maximum absolute atomic E-state index is 10.6. The lowest BCUT2D eigenvalue weighted by Crippen LogP contribution is -2.29. The molecule has 0 saturated carbocycles. The van der Waals surface area contributed by atoms with Gasteiger partial charge in [-0.3, -0.25) is 15.0 Å². The van der Waals surface area contributed by atoms with Crippen molar-refractivity contribution in [3.63, 3.8) is 0 Å². The van der Waals surface area contributed by atoms with E-state index < -0.39 is 4.92 Å². The molecule has 0 bridgehead atoms. The van der Waals surface area contributed by atoms with E-state index >= 15 is 0 Å². The Bertz CT molecular complexity index is 404. The molecule has 0 radical (unpaired) electrons. The highest BCUT2D eigenvalue weighted by atomic mass is 16.6. The molecule has 0 atom stereocenters. The minimum Gasteiger partial charge on any atom is -0.508 e. The summed E-state index contributed by atoms with van der Waals surface area (Å²) in [6.07, 6.45) is 0. The van der Waals surface area contributed by atoms with Gasteiger partial charge < -0.3 is 15.3 Å². The van der Waals surface area contributed by atoms with Crippen molar-refractivity contribution in [3.8, 4) is 5.75 Å². The van der Waals surface area contributed by atoms with Crippen LogP contribution in [0.5, 0.6) is 5.75 Å². The monoisotopic (exact) mass is 256 g/mol. The predicted molar refractivity (Wildman–Crippen MR) is 64.2 cm³/mol. The number of nitrogens with zero attached hydrogens (tertiary/aromatic N) is 2. The second-order valence-electron chi connectivity index (χ2n) is 3.79. The lowest BCUT2D eigenvalue weighted by Gasteiger charge is -2.20. The molecule has 0 spiro atoms. The lowest BCUT2D eigenvalue weighted by molar-refractivity contribution is -0.385. The van der Waals surface area contributed by atoms with Gasteiger partial charge in [0.2, 0.25) is 0 Å². The van der Waals surface area contributed by atoms with Gasteiger partial charge in [-0.1, -0.05) is 0 Å². The Morgan fingerprint density at radius 2 is 1.83 bits per heavy atom. The molecule has 0 aliphatic carbocycles. The van der Waals surface area contributed by atoms with E-state index in [1.807, 2.05) is 0 Å². The van der Waals surface area contributed by atoms with Crippen LogP contribution >= 0.6 is 0 Å². The highest BCUT2D eigenvalue weighted by molar-refractivity contribution is 5.42. The summed E-state index contributed by atoms with van der Waals surface area (Å²) in [5.41, 5.74) is 0.293. The quantitative estimate of drug-likeness (QED) is 0.471. The van der Waals surface area contributed by atoms with Gasteiger partial charge in [-0.15, -0.1) is 0 Å². The summed E-state index contributed by atoms with van der Waals surface area (Å²) < 4.78 is 0. The van der Waals surface area contributed by atoms with Gasteiger partial charge in [0.25, 0.3) is 5.69 Å². The summed E-state index contributed by atoms with van der Waals surface area (Å²) in [4.78, 5) is 11.8. The second-order valence-corrected chi connectivity index (χ2v) is 3.79. The fourth-order valence-electron chi connectivity index (χ4n) is 1.61. The van der Waals surface area contributed by atoms with Crippen molar-refractivity contribution in [3.05, 3.63) is 33.9 Å². The largest absolute Gasteiger partial charge is 0.508 e. The molecule has 0 saturated heterocycles. The molecule has 0 heterocycles. The lowest BCUT2D eigenvalue weighted by atomic mass is 10.1. The maximum atomic E-state index is 10.6. The Labute approximate surface area is 104 Å². The van der Waals surface area contributed by atoms with E-state index in [1.165, 1.54) is 18.2 Å². The number of phenolic OH excluding ortho intramolecular Hbond substituents is 1. The van der Waals surface area contributed by atoms with E-state index in [2.05, 4.69) is 0 Å². The van der Waals surface area contributed by atoms with Gasteiger partial charge in [0.15, 0.2) is 0 Å². The zero-order chi connectivity index (χ0) is 13.5. The number of nitro benzene ring substituents is 1. The van der Waals surface area contributed by atoms with E-state index in [1.54, 1.807) is 4.90 Å². The number of aliphatic hydroxyl groups excluding tert-OH is 2. The van der Waals surface area contributed by atoms with Gasteiger partial charge in [0.05, 0.1) is 18.1 Å². The molecule has 1 aromatic carbocycles. The van der Waals surface area contributed by atoms with Gasteiger partial charge in [-0.05, 0) is 6.07 Å². The van der Waals surface area contributed by atoms with Crippen LogP contribution in [0.2, 0.25) is 0 Å². The first-order valence-corrected chi connectivity index (χ1v) is 5.49. The number of aromatic hydroxyl groups is 1. The Kier molecular flexibility index (Phi) is 5.50. The molecule has 0 aliphatic heterocycles. The van der Waals surface area contributed by atoms with Crippen molar-refractivity contribution >= 4 is 5.69 Å². The van der Waals surface area contributed by atoms with Crippen LogP contribution < -0.4 is 0 Å². The molecule has 0 unspecified atom stereocenters. The number of non-ortho nitro benzene ring substituents is 1. The van der Waals surface area contributed by atoms with E-state index in [9.17, 15) is 15.2 Å². The molecule has 0 aliphatic rings. The van der Waals surface area contributed by atoms with Gasteiger partial charge in [0.1, 0.15) is 5.75 Å². The summed E-state index contributed by atoms with van der Waals surface area (Å²) in [5.74, 6) is -0.0403. The number of hydrogen-bond donors (Lipinski definition) is 3. The SMILES string of the molecule is O=[N+]([O-])c1ccc(O)c(CN(CCO)CCO)c1. The number of hydrogen-bond acceptors (Lipinski definition) is 6. The third-order valence-electron chi connectivity index (χ3n) is 2.50. The fraction of sp³-hybridized carbons (Fsp3) is 0.455. The average Bonchev–Trinajstić information content (AvgIpc) is 2.32. The Morgan fingerprint density at radius 1 is 1.22 bits per heavy atom. The highest BCUT2D eigenvalue weighted by Crippen LogP contribution is 2.24. The van der Waals surface area contributed by atoms with Crippen molar-refractivity contribution in [1.29, 1.82) is 0 Å². The third-order valence-corrected chi connectivity index (χ3v) is 2.50. The van der Waals surface area contributed by atoms with Crippen LogP contribution in [0.4, 0.5) is 5.69 Å². The van der Waals surface area contributed by atoms with E-state index in [-0.39, 0.29) is 31.2 Å². The number of nitro groups is 1. The van der Waals surface area contributed by atoms with Crippen LogP contribution in [0.15, 0.2) is 18.2 Å². The first-order chi connectivity index (χ1) is 8.58. The van der Waals surface area contributed by atoms with Gasteiger partial charge in [0, 0.05) is 37.3 Å². The third kappa shape index (κ3) is 3.95. The molecule has 3 N–H and O–H groups in total. The van der Waals surface area contributed by atoms with E-state index in [0.29, 0.717) is 18.7 Å². The standard InChI is InChI=1S/C11H16N2O5/c14-5-3-12(4-6-15)8-9-7-10(13(17)18)1-2-11(9)16/h1-2,7,14-16H,3-6,8H2. The Hall–Kier alpha value is -1.70. The topological polar surface area (TPSA) is 107 Å². The van der Waals surface area contributed by atoms with Crippen molar-refractivity contribution in [2.45, 2.75) is 6.54 Å². The maximum Gasteiger partial charge on any atom is 0.270 e. The Morgan fingerprint density at radius 3 is 2.33 bits per heavy atom. The normalized spacial score (nSPS) is 10.8. The summed E-state index contributed by atoms with van der Waals surface area (Å²) in [6, 6.07) is 3.78. The molecule has 7 nitrogen and oxygen atoms in total. The molecule has 100 valence electrons. The molecule has 1 rings (SSSR count). The Balaban J connectivity index is 2.86.